The van der Waals surface area contributed by atoms with Gasteiger partial charge in [-0.2, -0.15) is 0 Å². The molecule has 0 saturated carbocycles. The maximum absolute atomic E-state index is 9.43. The molecule has 0 unspecified atom stereocenters. The second-order valence-electron chi connectivity index (χ2n) is 3.55. The number of carbonyl (C=O) groups is 1. The molecule has 1 amide bonds. The topological polar surface area (TPSA) is 25.2 Å². The Balaban J connectivity index is 0.000000195. The minimum Gasteiger partial charge on any atom is -0.351 e. The summed E-state index contributed by atoms with van der Waals surface area (Å²) in [6.07, 6.45) is 2.82. The summed E-state index contributed by atoms with van der Waals surface area (Å²) in [5.74, 6) is 0. The van der Waals surface area contributed by atoms with Crippen LogP contribution in [0.15, 0.2) is 36.5 Å². The van der Waals surface area contributed by atoms with Crippen molar-refractivity contribution in [2.24, 2.45) is 7.05 Å². The van der Waals surface area contributed by atoms with Crippen LogP contribution >= 0.6 is 0 Å². The number of nitrogens with zero attached hydrogens (tertiary/aromatic N) is 2. The Morgan fingerprint density at radius 3 is 2.33 bits per heavy atom. The van der Waals surface area contributed by atoms with Crippen LogP contribution in [-0.2, 0) is 11.8 Å². The van der Waals surface area contributed by atoms with E-state index in [1.807, 2.05) is 0 Å². The molecular weight excluding hydrogens is 188 g/mol. The van der Waals surface area contributed by atoms with E-state index in [1.54, 1.807) is 14.1 Å². The van der Waals surface area contributed by atoms with E-state index in [-0.39, 0.29) is 0 Å². The van der Waals surface area contributed by atoms with Gasteiger partial charge in [0.15, 0.2) is 0 Å². The summed E-state index contributed by atoms with van der Waals surface area (Å²) in [5, 5.41) is 1.31. The van der Waals surface area contributed by atoms with E-state index in [4.69, 9.17) is 0 Å². The Morgan fingerprint density at radius 2 is 1.80 bits per heavy atom. The zero-order valence-electron chi connectivity index (χ0n) is 9.34. The van der Waals surface area contributed by atoms with Crippen LogP contribution in [0.25, 0.3) is 10.9 Å². The predicted molar refractivity (Wildman–Crippen MR) is 62.7 cm³/mol. The second kappa shape index (κ2) is 5.20. The number of hydrogen-bond donors (Lipinski definition) is 0. The SMILES string of the molecule is CN(C)C=O.Cn1ccc2ccccc21. The fourth-order valence-electron chi connectivity index (χ4n) is 1.22. The number of carbonyl (C=O) groups excluding carboxylic acids is 1. The van der Waals surface area contributed by atoms with Crippen LogP contribution in [-0.4, -0.2) is 30.0 Å². The van der Waals surface area contributed by atoms with Gasteiger partial charge in [0.25, 0.3) is 0 Å². The van der Waals surface area contributed by atoms with Crippen LogP contribution in [0, 0.1) is 0 Å². The van der Waals surface area contributed by atoms with Crippen LogP contribution in [0.1, 0.15) is 0 Å². The van der Waals surface area contributed by atoms with Crippen LogP contribution < -0.4 is 0 Å². The van der Waals surface area contributed by atoms with E-state index in [1.165, 1.54) is 15.8 Å². The van der Waals surface area contributed by atoms with Gasteiger partial charge in [-0.3, -0.25) is 4.79 Å². The molecule has 1 aromatic heterocycles. The molecular formula is C12H16N2O. The molecule has 0 spiro atoms. The molecule has 0 aliphatic rings. The Kier molecular flexibility index (Phi) is 3.92. The van der Waals surface area contributed by atoms with Gasteiger partial charge in [-0.25, -0.2) is 0 Å². The highest BCUT2D eigenvalue weighted by molar-refractivity contribution is 5.79. The summed E-state index contributed by atoms with van der Waals surface area (Å²) in [6.45, 7) is 0. The predicted octanol–water partition coefficient (Wildman–Crippen LogP) is 1.88. The summed E-state index contributed by atoms with van der Waals surface area (Å²) < 4.78 is 2.12. The summed E-state index contributed by atoms with van der Waals surface area (Å²) in [4.78, 5) is 10.9. The van der Waals surface area contributed by atoms with E-state index in [0.717, 1.165) is 6.41 Å². The van der Waals surface area contributed by atoms with Gasteiger partial charge in [0.05, 0.1) is 0 Å². The number of amides is 1. The first-order valence-corrected chi connectivity index (χ1v) is 4.77. The van der Waals surface area contributed by atoms with E-state index in [9.17, 15) is 4.79 Å². The molecule has 0 saturated heterocycles. The van der Waals surface area contributed by atoms with Crippen LogP contribution in [0.3, 0.4) is 0 Å². The molecule has 0 bridgehead atoms. The molecule has 3 heteroatoms. The number of benzene rings is 1. The number of rotatable bonds is 1. The highest BCUT2D eigenvalue weighted by Gasteiger charge is 1.92. The Morgan fingerprint density at radius 1 is 1.20 bits per heavy atom. The summed E-state index contributed by atoms with van der Waals surface area (Å²) in [7, 11) is 5.43. The minimum absolute atomic E-state index is 0.750. The van der Waals surface area contributed by atoms with Crippen molar-refractivity contribution in [3.63, 3.8) is 0 Å². The lowest BCUT2D eigenvalue weighted by atomic mass is 10.2. The van der Waals surface area contributed by atoms with Crippen molar-refractivity contribution >= 4 is 17.3 Å². The Hall–Kier alpha value is -1.77. The molecule has 3 nitrogen and oxygen atoms in total. The molecule has 1 heterocycles. The van der Waals surface area contributed by atoms with Gasteiger partial charge in [0, 0.05) is 32.9 Å². The van der Waals surface area contributed by atoms with Gasteiger partial charge >= 0.3 is 0 Å². The molecule has 1 aromatic carbocycles. The highest BCUT2D eigenvalue weighted by atomic mass is 16.1. The largest absolute Gasteiger partial charge is 0.351 e. The number of aryl methyl sites for hydroxylation is 1. The van der Waals surface area contributed by atoms with Crippen molar-refractivity contribution in [3.8, 4) is 0 Å². The van der Waals surface area contributed by atoms with Gasteiger partial charge < -0.3 is 9.47 Å². The Bertz CT molecular complexity index is 432. The average molecular weight is 204 g/mol. The van der Waals surface area contributed by atoms with Gasteiger partial charge in [-0.1, -0.05) is 18.2 Å². The van der Waals surface area contributed by atoms with Crippen molar-refractivity contribution in [1.29, 1.82) is 0 Å². The molecule has 0 fully saturated rings. The summed E-state index contributed by atoms with van der Waals surface area (Å²) in [5.41, 5.74) is 1.29. The Labute approximate surface area is 89.9 Å². The van der Waals surface area contributed by atoms with Crippen molar-refractivity contribution in [3.05, 3.63) is 36.5 Å². The third-order valence-corrected chi connectivity index (χ3v) is 2.01. The standard InChI is InChI=1S/C9H9N.C3H7NO/c1-10-7-6-8-4-2-3-5-9(8)10;1-4(2)3-5/h2-7H,1H3;3H,1-2H3. The third kappa shape index (κ3) is 3.13. The van der Waals surface area contributed by atoms with Gasteiger partial charge in [0.1, 0.15) is 0 Å². The number of fused-ring (bicyclic) bond motifs is 1. The molecule has 0 aliphatic carbocycles. The lowest BCUT2D eigenvalue weighted by molar-refractivity contribution is -0.115. The maximum atomic E-state index is 9.43. The first-order valence-electron chi connectivity index (χ1n) is 4.77. The number of aromatic nitrogens is 1. The smallest absolute Gasteiger partial charge is 0.209 e. The number of para-hydroxylation sites is 1. The van der Waals surface area contributed by atoms with Gasteiger partial charge in [0.2, 0.25) is 6.41 Å². The normalized spacial score (nSPS) is 9.27. The lowest BCUT2D eigenvalue weighted by Crippen LogP contribution is -2.06. The summed E-state index contributed by atoms with van der Waals surface area (Å²) >= 11 is 0. The lowest BCUT2D eigenvalue weighted by Gasteiger charge is -1.93. The molecule has 2 rings (SSSR count). The zero-order chi connectivity index (χ0) is 11.3. The first-order chi connectivity index (χ1) is 7.15. The summed E-state index contributed by atoms with van der Waals surface area (Å²) in [6, 6.07) is 10.5. The van der Waals surface area contributed by atoms with E-state index < -0.39 is 0 Å². The van der Waals surface area contributed by atoms with Crippen molar-refractivity contribution in [1.82, 2.24) is 9.47 Å². The van der Waals surface area contributed by atoms with Gasteiger partial charge in [-0.05, 0) is 17.5 Å². The second-order valence-corrected chi connectivity index (χ2v) is 3.55. The monoisotopic (exact) mass is 204 g/mol. The van der Waals surface area contributed by atoms with Gasteiger partial charge in [-0.15, -0.1) is 0 Å². The van der Waals surface area contributed by atoms with E-state index in [0.29, 0.717) is 0 Å². The highest BCUT2D eigenvalue weighted by Crippen LogP contribution is 2.12. The molecule has 80 valence electrons. The van der Waals surface area contributed by atoms with Crippen molar-refractivity contribution < 1.29 is 4.79 Å². The first kappa shape index (κ1) is 11.3. The number of hydrogen-bond acceptors (Lipinski definition) is 1. The van der Waals surface area contributed by atoms with Crippen LogP contribution in [0.4, 0.5) is 0 Å². The fraction of sp³-hybridized carbons (Fsp3) is 0.250. The molecule has 0 atom stereocenters. The molecule has 15 heavy (non-hydrogen) atoms. The van der Waals surface area contributed by atoms with Crippen molar-refractivity contribution in [2.45, 2.75) is 0 Å². The van der Waals surface area contributed by atoms with E-state index in [2.05, 4.69) is 48.1 Å². The van der Waals surface area contributed by atoms with Crippen LogP contribution in [0.5, 0.6) is 0 Å². The quantitative estimate of drug-likeness (QED) is 0.651. The van der Waals surface area contributed by atoms with Crippen molar-refractivity contribution in [2.75, 3.05) is 14.1 Å². The molecule has 0 N–H and O–H groups in total. The maximum Gasteiger partial charge on any atom is 0.209 e. The zero-order valence-corrected chi connectivity index (χ0v) is 9.34. The molecule has 2 aromatic rings. The molecule has 0 radical (unpaired) electrons. The average Bonchev–Trinajstić information content (AvgIpc) is 2.62. The minimum atomic E-state index is 0.750. The van der Waals surface area contributed by atoms with Crippen LogP contribution in [0.2, 0.25) is 0 Å². The third-order valence-electron chi connectivity index (χ3n) is 2.01. The fourth-order valence-corrected chi connectivity index (χ4v) is 1.22. The van der Waals surface area contributed by atoms with E-state index >= 15 is 0 Å². The molecule has 0 aliphatic heterocycles.